The van der Waals surface area contributed by atoms with Crippen molar-refractivity contribution in [1.82, 2.24) is 4.90 Å². The molecule has 29 heavy (non-hydrogen) atoms. The van der Waals surface area contributed by atoms with E-state index in [0.717, 1.165) is 11.8 Å². The molecule has 0 saturated carbocycles. The first kappa shape index (κ1) is 20.8. The third-order valence-corrected chi connectivity index (χ3v) is 6.07. The molecule has 152 valence electrons. The summed E-state index contributed by atoms with van der Waals surface area (Å²) in [5.41, 5.74) is 1.53. The van der Waals surface area contributed by atoms with Crippen molar-refractivity contribution in [1.29, 1.82) is 0 Å². The second kappa shape index (κ2) is 9.05. The Kier molecular flexibility index (Phi) is 6.49. The third-order valence-electron chi connectivity index (χ3n) is 4.95. The zero-order valence-electron chi connectivity index (χ0n) is 16.2. The number of carbonyl (C=O) groups is 2. The Labute approximate surface area is 171 Å². The Balaban J connectivity index is 1.50. The van der Waals surface area contributed by atoms with Gasteiger partial charge in [0.25, 0.3) is 0 Å². The summed E-state index contributed by atoms with van der Waals surface area (Å²) in [4.78, 5) is 26.8. The van der Waals surface area contributed by atoms with Gasteiger partial charge < -0.3 is 10.2 Å². The minimum atomic E-state index is -3.26. The number of piperidine rings is 1. The number of rotatable bonds is 5. The van der Waals surface area contributed by atoms with E-state index in [9.17, 15) is 18.0 Å². The number of benzene rings is 2. The fourth-order valence-corrected chi connectivity index (χ4v) is 3.86. The van der Waals surface area contributed by atoms with Gasteiger partial charge in [-0.2, -0.15) is 0 Å². The van der Waals surface area contributed by atoms with Crippen LogP contribution in [0.1, 0.15) is 18.4 Å². The quantitative estimate of drug-likeness (QED) is 0.766. The molecule has 0 aliphatic carbocycles. The lowest BCUT2D eigenvalue weighted by Gasteiger charge is -2.30. The zero-order chi connectivity index (χ0) is 20.9. The number of anilines is 1. The third kappa shape index (κ3) is 5.77. The molecule has 1 aliphatic rings. The Hall–Kier alpha value is -2.93. The standard InChI is InChI=1S/C22H24N2O4S/c1-29(27,28)20-10-8-19(9-11-20)23-22(26)18-13-15-24(16-14-18)21(25)12-7-17-5-3-2-4-6-17/h2-12,18H,13-16H2,1H3,(H,23,26). The van der Waals surface area contributed by atoms with Crippen LogP contribution in [0.3, 0.4) is 0 Å². The average Bonchev–Trinajstić information content (AvgIpc) is 2.72. The summed E-state index contributed by atoms with van der Waals surface area (Å²) in [5, 5.41) is 2.83. The smallest absolute Gasteiger partial charge is 0.246 e. The number of sulfone groups is 1. The number of hydrogen-bond donors (Lipinski definition) is 1. The molecule has 6 nitrogen and oxygen atoms in total. The van der Waals surface area contributed by atoms with Crippen molar-refractivity contribution in [3.63, 3.8) is 0 Å². The van der Waals surface area contributed by atoms with Crippen LogP contribution in [0.15, 0.2) is 65.6 Å². The Bertz CT molecular complexity index is 991. The van der Waals surface area contributed by atoms with Crippen LogP contribution in [-0.4, -0.2) is 44.5 Å². The van der Waals surface area contributed by atoms with E-state index in [2.05, 4.69) is 5.32 Å². The van der Waals surface area contributed by atoms with Crippen LogP contribution in [-0.2, 0) is 19.4 Å². The first-order valence-corrected chi connectivity index (χ1v) is 11.3. The second-order valence-corrected chi connectivity index (χ2v) is 9.15. The molecule has 1 aliphatic heterocycles. The monoisotopic (exact) mass is 412 g/mol. The molecular weight excluding hydrogens is 388 g/mol. The molecule has 0 spiro atoms. The van der Waals surface area contributed by atoms with E-state index < -0.39 is 9.84 Å². The fourth-order valence-electron chi connectivity index (χ4n) is 3.23. The molecule has 0 unspecified atom stereocenters. The molecule has 1 saturated heterocycles. The second-order valence-electron chi connectivity index (χ2n) is 7.13. The highest BCUT2D eigenvalue weighted by Gasteiger charge is 2.26. The highest BCUT2D eigenvalue weighted by atomic mass is 32.2. The molecule has 2 aromatic carbocycles. The molecule has 7 heteroatoms. The van der Waals surface area contributed by atoms with Crippen LogP contribution in [0, 0.1) is 5.92 Å². The van der Waals surface area contributed by atoms with Gasteiger partial charge >= 0.3 is 0 Å². The number of nitrogens with one attached hydrogen (secondary N) is 1. The highest BCUT2D eigenvalue weighted by Crippen LogP contribution is 2.21. The summed E-state index contributed by atoms with van der Waals surface area (Å²) in [7, 11) is -3.26. The summed E-state index contributed by atoms with van der Waals surface area (Å²) in [6, 6.07) is 15.8. The van der Waals surface area contributed by atoms with Gasteiger partial charge in [-0.05, 0) is 48.7 Å². The molecular formula is C22H24N2O4S. The lowest BCUT2D eigenvalue weighted by atomic mass is 9.95. The van der Waals surface area contributed by atoms with E-state index in [0.29, 0.717) is 31.6 Å². The number of hydrogen-bond acceptors (Lipinski definition) is 4. The molecule has 0 radical (unpaired) electrons. The van der Waals surface area contributed by atoms with Crippen molar-refractivity contribution in [2.24, 2.45) is 5.92 Å². The van der Waals surface area contributed by atoms with Crippen molar-refractivity contribution in [2.45, 2.75) is 17.7 Å². The SMILES string of the molecule is CS(=O)(=O)c1ccc(NC(=O)C2CCN(C(=O)C=Cc3ccccc3)CC2)cc1. The van der Waals surface area contributed by atoms with E-state index in [4.69, 9.17) is 0 Å². The molecule has 2 aromatic rings. The minimum Gasteiger partial charge on any atom is -0.339 e. The van der Waals surface area contributed by atoms with E-state index in [1.807, 2.05) is 30.3 Å². The molecule has 2 amide bonds. The lowest BCUT2D eigenvalue weighted by molar-refractivity contribution is -0.130. The van der Waals surface area contributed by atoms with Gasteiger partial charge in [-0.25, -0.2) is 8.42 Å². The van der Waals surface area contributed by atoms with Crippen molar-refractivity contribution in [3.05, 3.63) is 66.2 Å². The molecule has 1 N–H and O–H groups in total. The summed E-state index contributed by atoms with van der Waals surface area (Å²) < 4.78 is 23.0. The van der Waals surface area contributed by atoms with E-state index in [1.54, 1.807) is 29.2 Å². The first-order chi connectivity index (χ1) is 13.8. The van der Waals surface area contributed by atoms with Gasteiger partial charge in [-0.3, -0.25) is 9.59 Å². The molecule has 1 fully saturated rings. The predicted octanol–water partition coefficient (Wildman–Crippen LogP) is 2.98. The number of likely N-dealkylation sites (tertiary alicyclic amines) is 1. The normalized spacial score (nSPS) is 15.4. The molecule has 3 rings (SSSR count). The number of carbonyl (C=O) groups excluding carboxylic acids is 2. The van der Waals surface area contributed by atoms with E-state index in [1.165, 1.54) is 12.1 Å². The maximum Gasteiger partial charge on any atom is 0.246 e. The van der Waals surface area contributed by atoms with E-state index in [-0.39, 0.29) is 22.6 Å². The lowest BCUT2D eigenvalue weighted by Crippen LogP contribution is -2.40. The summed E-state index contributed by atoms with van der Waals surface area (Å²) in [5.74, 6) is -0.333. The number of amides is 2. The highest BCUT2D eigenvalue weighted by molar-refractivity contribution is 7.90. The maximum atomic E-state index is 12.5. The van der Waals surface area contributed by atoms with Gasteiger partial charge in [-0.15, -0.1) is 0 Å². The Morgan fingerprint density at radius 2 is 1.62 bits per heavy atom. The van der Waals surface area contributed by atoms with Gasteiger partial charge in [0.05, 0.1) is 4.90 Å². The largest absolute Gasteiger partial charge is 0.339 e. The summed E-state index contributed by atoms with van der Waals surface area (Å²) in [6.45, 7) is 1.06. The van der Waals surface area contributed by atoms with Crippen LogP contribution in [0.5, 0.6) is 0 Å². The van der Waals surface area contributed by atoms with Crippen LogP contribution in [0.25, 0.3) is 6.08 Å². The predicted molar refractivity (Wildman–Crippen MR) is 113 cm³/mol. The molecule has 0 bridgehead atoms. The molecule has 0 aromatic heterocycles. The first-order valence-electron chi connectivity index (χ1n) is 9.46. The topological polar surface area (TPSA) is 83.6 Å². The van der Waals surface area contributed by atoms with Gasteiger partial charge in [-0.1, -0.05) is 30.3 Å². The fraction of sp³-hybridized carbons (Fsp3) is 0.273. The van der Waals surface area contributed by atoms with E-state index >= 15 is 0 Å². The van der Waals surface area contributed by atoms with Gasteiger partial charge in [0.15, 0.2) is 9.84 Å². The number of nitrogens with zero attached hydrogens (tertiary/aromatic N) is 1. The zero-order valence-corrected chi connectivity index (χ0v) is 17.1. The van der Waals surface area contributed by atoms with Crippen LogP contribution < -0.4 is 5.32 Å². The Morgan fingerprint density at radius 3 is 2.21 bits per heavy atom. The van der Waals surface area contributed by atoms with Crippen molar-refractivity contribution in [3.8, 4) is 0 Å². The molecule has 1 heterocycles. The summed E-state index contributed by atoms with van der Waals surface area (Å²) in [6.07, 6.45) is 5.70. The van der Waals surface area contributed by atoms with Crippen LogP contribution in [0.2, 0.25) is 0 Å². The van der Waals surface area contributed by atoms with Gasteiger partial charge in [0.1, 0.15) is 0 Å². The van der Waals surface area contributed by atoms with Crippen LogP contribution in [0.4, 0.5) is 5.69 Å². The van der Waals surface area contributed by atoms with Crippen molar-refractivity contribution < 1.29 is 18.0 Å². The van der Waals surface area contributed by atoms with Crippen molar-refractivity contribution in [2.75, 3.05) is 24.7 Å². The summed E-state index contributed by atoms with van der Waals surface area (Å²) >= 11 is 0. The Morgan fingerprint density at radius 1 is 1.00 bits per heavy atom. The van der Waals surface area contributed by atoms with Gasteiger partial charge in [0.2, 0.25) is 11.8 Å². The van der Waals surface area contributed by atoms with Gasteiger partial charge in [0, 0.05) is 37.0 Å². The maximum absolute atomic E-state index is 12.5. The van der Waals surface area contributed by atoms with Crippen LogP contribution >= 0.6 is 0 Å². The average molecular weight is 413 g/mol. The molecule has 0 atom stereocenters. The minimum absolute atomic E-state index is 0.0518. The van der Waals surface area contributed by atoms with Crippen molar-refractivity contribution >= 4 is 33.4 Å².